The number of nitrogens with two attached hydrogens (primary N) is 2. The number of ether oxygens (including phenoxy) is 2. The molecule has 5 N–H and O–H groups in total. The minimum absolute atomic E-state index is 0.113. The van der Waals surface area contributed by atoms with E-state index in [1.807, 2.05) is 37.3 Å². The first-order valence-electron chi connectivity index (χ1n) is 14.9. The van der Waals surface area contributed by atoms with Gasteiger partial charge >= 0.3 is 0 Å². The molecule has 2 saturated carbocycles. The molecule has 1 aromatic heterocycles. The van der Waals surface area contributed by atoms with E-state index in [1.165, 1.54) is 7.11 Å². The molecule has 0 bridgehead atoms. The number of nitriles is 1. The molecule has 2 aromatic carbocycles. The van der Waals surface area contributed by atoms with Gasteiger partial charge in [-0.05, 0) is 56.4 Å². The van der Waals surface area contributed by atoms with Gasteiger partial charge in [-0.3, -0.25) is 14.6 Å². The van der Waals surface area contributed by atoms with Crippen molar-refractivity contribution in [3.63, 3.8) is 0 Å². The van der Waals surface area contributed by atoms with Gasteiger partial charge in [-0.2, -0.15) is 5.26 Å². The summed E-state index contributed by atoms with van der Waals surface area (Å²) in [6, 6.07) is 15.7. The molecule has 44 heavy (non-hydrogen) atoms. The fourth-order valence-corrected chi connectivity index (χ4v) is 5.51. The highest BCUT2D eigenvalue weighted by Gasteiger charge is 2.46. The molecular formula is C34H36N6O4. The Morgan fingerprint density at radius 1 is 1.25 bits per heavy atom. The van der Waals surface area contributed by atoms with E-state index in [9.17, 15) is 14.9 Å². The molecule has 226 valence electrons. The Labute approximate surface area is 256 Å². The second-order valence-electron chi connectivity index (χ2n) is 12.3. The fraction of sp³-hybridized carbons (Fsp3) is 0.382. The number of hydrogen-bond acceptors (Lipinski definition) is 8. The Balaban J connectivity index is 1.28. The smallest absolute Gasteiger partial charge is 0.251 e. The number of pyridine rings is 1. The van der Waals surface area contributed by atoms with Crippen molar-refractivity contribution in [2.24, 2.45) is 10.7 Å². The van der Waals surface area contributed by atoms with Crippen LogP contribution in [0.25, 0.3) is 11.3 Å². The molecule has 2 atom stereocenters. The van der Waals surface area contributed by atoms with E-state index in [4.69, 9.17) is 25.9 Å². The number of methoxy groups -OCH3 is 1. The average molecular weight is 593 g/mol. The van der Waals surface area contributed by atoms with E-state index in [0.29, 0.717) is 51.3 Å². The number of nitrogen functional groups attached to an aromatic ring is 1. The van der Waals surface area contributed by atoms with Crippen LogP contribution in [0.1, 0.15) is 78.2 Å². The van der Waals surface area contributed by atoms with Crippen molar-refractivity contribution in [2.45, 2.75) is 62.3 Å². The Bertz CT molecular complexity index is 1720. The maximum Gasteiger partial charge on any atom is 0.251 e. The normalized spacial score (nSPS) is 20.3. The zero-order valence-electron chi connectivity index (χ0n) is 25.1. The third kappa shape index (κ3) is 5.23. The highest BCUT2D eigenvalue weighted by Crippen LogP contribution is 2.49. The quantitative estimate of drug-likeness (QED) is 0.235. The number of carbonyl (C=O) groups excluding carboxylic acids is 2. The van der Waals surface area contributed by atoms with Crippen molar-refractivity contribution in [2.75, 3.05) is 26.0 Å². The van der Waals surface area contributed by atoms with E-state index in [-0.39, 0.29) is 25.0 Å². The van der Waals surface area contributed by atoms with Crippen LogP contribution in [0, 0.1) is 11.3 Å². The van der Waals surface area contributed by atoms with Gasteiger partial charge in [-0.25, -0.2) is 4.98 Å². The molecule has 2 heterocycles. The standard InChI is InChI=1S/C34H36N6O4/c1-19(15-39-31(41)21-12-22(16-38-24-8-9-24)28(36)27(13-21)43-3)26-14-25-30(44-18-33(25,2)32(37)42)29(40-26)20-4-6-23(7-5-20)34(17-35)10-11-34/h4-7,12-14,16,19,24H,8-11,15,18,36H2,1-3H3,(H2,37,42)(H,39,41)/t19-,33+/m1/s1. The van der Waals surface area contributed by atoms with Crippen LogP contribution in [0.2, 0.25) is 0 Å². The lowest BCUT2D eigenvalue weighted by atomic mass is 9.82. The minimum Gasteiger partial charge on any atom is -0.495 e. The number of carbonyl (C=O) groups is 2. The number of nitrogens with zero attached hydrogens (tertiary/aromatic N) is 3. The average Bonchev–Trinajstić information content (AvgIpc) is 3.97. The predicted octanol–water partition coefficient (Wildman–Crippen LogP) is 4.14. The van der Waals surface area contributed by atoms with Crippen molar-refractivity contribution in [3.8, 4) is 28.8 Å². The Hall–Kier alpha value is -4.91. The second-order valence-corrected chi connectivity index (χ2v) is 12.3. The first-order valence-corrected chi connectivity index (χ1v) is 14.9. The topological polar surface area (TPSA) is 166 Å². The maximum atomic E-state index is 13.3. The van der Waals surface area contributed by atoms with Crippen LogP contribution >= 0.6 is 0 Å². The fourth-order valence-electron chi connectivity index (χ4n) is 5.51. The van der Waals surface area contributed by atoms with Gasteiger partial charge in [0, 0.05) is 46.6 Å². The minimum atomic E-state index is -1.03. The van der Waals surface area contributed by atoms with Crippen molar-refractivity contribution in [3.05, 3.63) is 70.4 Å². The van der Waals surface area contributed by atoms with Gasteiger partial charge in [0.1, 0.15) is 29.2 Å². The van der Waals surface area contributed by atoms with Gasteiger partial charge in [-0.15, -0.1) is 0 Å². The molecule has 3 aromatic rings. The molecule has 0 unspecified atom stereocenters. The number of aliphatic imine (C=N–C) groups is 1. The van der Waals surface area contributed by atoms with Crippen LogP contribution in [-0.2, 0) is 15.6 Å². The number of benzene rings is 2. The molecule has 3 aliphatic rings. The van der Waals surface area contributed by atoms with Crippen LogP contribution in [0.5, 0.6) is 11.5 Å². The predicted molar refractivity (Wildman–Crippen MR) is 167 cm³/mol. The summed E-state index contributed by atoms with van der Waals surface area (Å²) in [6.07, 6.45) is 5.53. The zero-order chi connectivity index (χ0) is 31.2. The monoisotopic (exact) mass is 592 g/mol. The Morgan fingerprint density at radius 2 is 1.98 bits per heavy atom. The van der Waals surface area contributed by atoms with Crippen molar-refractivity contribution in [1.82, 2.24) is 10.3 Å². The number of nitrogens with one attached hydrogen (secondary N) is 1. The van der Waals surface area contributed by atoms with Crippen LogP contribution in [0.3, 0.4) is 0 Å². The molecule has 0 spiro atoms. The second kappa shape index (κ2) is 11.0. The van der Waals surface area contributed by atoms with E-state index < -0.39 is 16.7 Å². The summed E-state index contributed by atoms with van der Waals surface area (Å²) in [7, 11) is 1.51. The molecule has 6 rings (SSSR count). The van der Waals surface area contributed by atoms with Gasteiger partial charge in [0.25, 0.3) is 5.91 Å². The molecule has 1 aliphatic heterocycles. The van der Waals surface area contributed by atoms with E-state index in [1.54, 1.807) is 25.3 Å². The summed E-state index contributed by atoms with van der Waals surface area (Å²) in [5.41, 5.74) is 15.9. The van der Waals surface area contributed by atoms with Gasteiger partial charge in [-0.1, -0.05) is 31.2 Å². The van der Waals surface area contributed by atoms with Crippen LogP contribution < -0.4 is 26.3 Å². The lowest BCUT2D eigenvalue weighted by Gasteiger charge is -2.21. The maximum absolute atomic E-state index is 13.3. The number of fused-ring (bicyclic) bond motifs is 1. The number of hydrogen-bond donors (Lipinski definition) is 3. The number of rotatable bonds is 10. The summed E-state index contributed by atoms with van der Waals surface area (Å²) in [5.74, 6) is -0.0644. The zero-order valence-corrected chi connectivity index (χ0v) is 25.1. The summed E-state index contributed by atoms with van der Waals surface area (Å²) in [5, 5.41) is 12.6. The molecule has 2 fully saturated rings. The Kier molecular flexibility index (Phi) is 7.28. The van der Waals surface area contributed by atoms with Crippen LogP contribution in [-0.4, -0.2) is 49.3 Å². The number of aromatic nitrogens is 1. The third-order valence-electron chi connectivity index (χ3n) is 9.01. The first kappa shape index (κ1) is 29.2. The highest BCUT2D eigenvalue weighted by atomic mass is 16.5. The lowest BCUT2D eigenvalue weighted by molar-refractivity contribution is -0.123. The van der Waals surface area contributed by atoms with E-state index in [0.717, 1.165) is 36.8 Å². The van der Waals surface area contributed by atoms with Crippen LogP contribution in [0.15, 0.2) is 47.5 Å². The van der Waals surface area contributed by atoms with Gasteiger partial charge < -0.3 is 26.3 Å². The third-order valence-corrected chi connectivity index (χ3v) is 9.01. The van der Waals surface area contributed by atoms with E-state index in [2.05, 4.69) is 16.4 Å². The first-order chi connectivity index (χ1) is 21.1. The van der Waals surface area contributed by atoms with Crippen molar-refractivity contribution < 1.29 is 19.1 Å². The Morgan fingerprint density at radius 3 is 2.59 bits per heavy atom. The molecule has 2 aliphatic carbocycles. The number of amides is 2. The number of anilines is 1. The van der Waals surface area contributed by atoms with Gasteiger partial charge in [0.05, 0.1) is 30.3 Å². The van der Waals surface area contributed by atoms with Crippen molar-refractivity contribution >= 4 is 23.7 Å². The highest BCUT2D eigenvalue weighted by molar-refractivity contribution is 5.99. The van der Waals surface area contributed by atoms with E-state index >= 15 is 0 Å². The molecule has 2 amide bonds. The lowest BCUT2D eigenvalue weighted by Crippen LogP contribution is -2.39. The van der Waals surface area contributed by atoms with Gasteiger partial charge in [0.15, 0.2) is 0 Å². The molecule has 10 heteroatoms. The van der Waals surface area contributed by atoms with Gasteiger partial charge in [0.2, 0.25) is 5.91 Å². The largest absolute Gasteiger partial charge is 0.495 e. The SMILES string of the molecule is COc1cc(C(=O)NC[C@@H](C)c2cc3c(c(-c4ccc(C5(C#N)CC5)cc4)n2)OC[C@]3(C)C(N)=O)cc(C=NC2CC2)c1N. The summed E-state index contributed by atoms with van der Waals surface area (Å²) in [4.78, 5) is 35.4. The van der Waals surface area contributed by atoms with Crippen LogP contribution in [0.4, 0.5) is 5.69 Å². The molecule has 10 nitrogen and oxygen atoms in total. The molecular weight excluding hydrogens is 556 g/mol. The molecule has 0 saturated heterocycles. The summed E-state index contributed by atoms with van der Waals surface area (Å²) in [6.45, 7) is 4.12. The van der Waals surface area contributed by atoms with Crippen molar-refractivity contribution in [1.29, 1.82) is 5.26 Å². The molecule has 0 radical (unpaired) electrons. The number of primary amides is 1. The summed E-state index contributed by atoms with van der Waals surface area (Å²) >= 11 is 0. The summed E-state index contributed by atoms with van der Waals surface area (Å²) < 4.78 is 11.5.